The third-order valence-electron chi connectivity index (χ3n) is 4.20. The van der Waals surface area contributed by atoms with Crippen LogP contribution in [0.3, 0.4) is 0 Å². The van der Waals surface area contributed by atoms with Gasteiger partial charge in [-0.25, -0.2) is 4.39 Å². The molecule has 3 rings (SSSR count). The standard InChI is InChI=1S/C14H17FN2/c1-14(2,10-4-5-10)17-8-9-3-6-11(15)7-12(9)13(17)16/h3,6-7,10,16H,4-5,8H2,1-2H3. The van der Waals surface area contributed by atoms with E-state index in [0.717, 1.165) is 17.7 Å². The first-order chi connectivity index (χ1) is 8.00. The first-order valence-electron chi connectivity index (χ1n) is 6.15. The summed E-state index contributed by atoms with van der Waals surface area (Å²) in [4.78, 5) is 2.12. The maximum atomic E-state index is 13.2. The lowest BCUT2D eigenvalue weighted by molar-refractivity contribution is 0.184. The van der Waals surface area contributed by atoms with Crippen LogP contribution in [-0.2, 0) is 6.54 Å². The predicted molar refractivity (Wildman–Crippen MR) is 65.6 cm³/mol. The van der Waals surface area contributed by atoms with Crippen LogP contribution in [0.25, 0.3) is 0 Å². The number of rotatable bonds is 2. The van der Waals surface area contributed by atoms with Gasteiger partial charge in [0.15, 0.2) is 0 Å². The van der Waals surface area contributed by atoms with Crippen LogP contribution in [-0.4, -0.2) is 16.3 Å². The highest BCUT2D eigenvalue weighted by atomic mass is 19.1. The molecular formula is C14H17FN2. The van der Waals surface area contributed by atoms with E-state index in [-0.39, 0.29) is 11.4 Å². The Bertz CT molecular complexity index is 489. The minimum atomic E-state index is -0.250. The van der Waals surface area contributed by atoms with E-state index in [0.29, 0.717) is 11.8 Å². The monoisotopic (exact) mass is 232 g/mol. The molecule has 1 heterocycles. The summed E-state index contributed by atoms with van der Waals surface area (Å²) in [6, 6.07) is 4.78. The predicted octanol–water partition coefficient (Wildman–Crippen LogP) is 3.16. The summed E-state index contributed by atoms with van der Waals surface area (Å²) in [5.41, 5.74) is 1.86. The number of amidine groups is 1. The summed E-state index contributed by atoms with van der Waals surface area (Å²) in [7, 11) is 0. The molecular weight excluding hydrogens is 215 g/mol. The van der Waals surface area contributed by atoms with Gasteiger partial charge in [-0.3, -0.25) is 5.41 Å². The molecule has 1 aliphatic carbocycles. The summed E-state index contributed by atoms with van der Waals surface area (Å²) in [6.45, 7) is 5.14. The van der Waals surface area contributed by atoms with E-state index in [4.69, 9.17) is 5.41 Å². The van der Waals surface area contributed by atoms with Crippen molar-refractivity contribution in [3.63, 3.8) is 0 Å². The molecule has 0 spiro atoms. The fourth-order valence-corrected chi connectivity index (χ4v) is 2.80. The SMILES string of the molecule is CC(C)(C1CC1)N1Cc2ccc(F)cc2C1=N. The average molecular weight is 232 g/mol. The van der Waals surface area contributed by atoms with E-state index < -0.39 is 0 Å². The number of hydrogen-bond donors (Lipinski definition) is 1. The number of nitrogens with zero attached hydrogens (tertiary/aromatic N) is 1. The third-order valence-corrected chi connectivity index (χ3v) is 4.20. The molecule has 0 radical (unpaired) electrons. The van der Waals surface area contributed by atoms with Gasteiger partial charge < -0.3 is 4.90 Å². The Labute approximate surface area is 101 Å². The molecule has 0 amide bonds. The molecule has 1 fully saturated rings. The average Bonchev–Trinajstić information content (AvgIpc) is 3.06. The Morgan fingerprint density at radius 1 is 1.35 bits per heavy atom. The van der Waals surface area contributed by atoms with E-state index in [1.165, 1.54) is 25.0 Å². The van der Waals surface area contributed by atoms with Gasteiger partial charge in [0, 0.05) is 17.6 Å². The zero-order chi connectivity index (χ0) is 12.2. The molecule has 2 nitrogen and oxygen atoms in total. The lowest BCUT2D eigenvalue weighted by Crippen LogP contribution is -2.45. The van der Waals surface area contributed by atoms with Gasteiger partial charge >= 0.3 is 0 Å². The lowest BCUT2D eigenvalue weighted by Gasteiger charge is -2.37. The molecule has 17 heavy (non-hydrogen) atoms. The van der Waals surface area contributed by atoms with Crippen LogP contribution >= 0.6 is 0 Å². The Kier molecular flexibility index (Phi) is 2.09. The van der Waals surface area contributed by atoms with E-state index in [1.54, 1.807) is 0 Å². The van der Waals surface area contributed by atoms with Gasteiger partial charge in [-0.05, 0) is 50.3 Å². The molecule has 0 unspecified atom stereocenters. The van der Waals surface area contributed by atoms with E-state index in [2.05, 4.69) is 18.7 Å². The molecule has 0 atom stereocenters. The van der Waals surface area contributed by atoms with Crippen molar-refractivity contribution in [2.75, 3.05) is 0 Å². The molecule has 1 N–H and O–H groups in total. The minimum Gasteiger partial charge on any atom is -0.347 e. The van der Waals surface area contributed by atoms with Gasteiger partial charge in [-0.15, -0.1) is 0 Å². The molecule has 90 valence electrons. The largest absolute Gasteiger partial charge is 0.347 e. The highest BCUT2D eigenvalue weighted by Gasteiger charge is 2.45. The second-order valence-electron chi connectivity index (χ2n) is 5.66. The highest BCUT2D eigenvalue weighted by molar-refractivity contribution is 6.00. The van der Waals surface area contributed by atoms with Gasteiger partial charge in [0.05, 0.1) is 0 Å². The van der Waals surface area contributed by atoms with Crippen molar-refractivity contribution in [2.45, 2.75) is 38.8 Å². The Morgan fingerprint density at radius 2 is 2.06 bits per heavy atom. The molecule has 1 aromatic carbocycles. The Morgan fingerprint density at radius 3 is 2.71 bits per heavy atom. The van der Waals surface area contributed by atoms with Crippen molar-refractivity contribution in [1.29, 1.82) is 5.41 Å². The van der Waals surface area contributed by atoms with Crippen LogP contribution in [0.4, 0.5) is 4.39 Å². The zero-order valence-corrected chi connectivity index (χ0v) is 10.3. The maximum Gasteiger partial charge on any atom is 0.129 e. The van der Waals surface area contributed by atoms with Crippen molar-refractivity contribution in [1.82, 2.24) is 4.90 Å². The fraction of sp³-hybridized carbons (Fsp3) is 0.500. The first kappa shape index (κ1) is 10.8. The van der Waals surface area contributed by atoms with Crippen LogP contribution in [0.15, 0.2) is 18.2 Å². The second-order valence-corrected chi connectivity index (χ2v) is 5.66. The topological polar surface area (TPSA) is 27.1 Å². The van der Waals surface area contributed by atoms with Crippen LogP contribution in [0, 0.1) is 17.1 Å². The quantitative estimate of drug-likeness (QED) is 0.833. The van der Waals surface area contributed by atoms with E-state index >= 15 is 0 Å². The number of hydrogen-bond acceptors (Lipinski definition) is 1. The van der Waals surface area contributed by atoms with Crippen LogP contribution in [0.5, 0.6) is 0 Å². The summed E-state index contributed by atoms with van der Waals surface area (Å²) in [5.74, 6) is 0.915. The Hall–Kier alpha value is -1.38. The molecule has 1 aliphatic heterocycles. The van der Waals surface area contributed by atoms with Gasteiger partial charge in [0.1, 0.15) is 11.7 Å². The van der Waals surface area contributed by atoms with Crippen molar-refractivity contribution >= 4 is 5.84 Å². The van der Waals surface area contributed by atoms with Gasteiger partial charge in [-0.2, -0.15) is 0 Å². The van der Waals surface area contributed by atoms with Crippen molar-refractivity contribution in [3.05, 3.63) is 35.1 Å². The first-order valence-corrected chi connectivity index (χ1v) is 6.15. The van der Waals surface area contributed by atoms with Crippen LogP contribution in [0.2, 0.25) is 0 Å². The van der Waals surface area contributed by atoms with Gasteiger partial charge in [-0.1, -0.05) is 6.07 Å². The molecule has 3 heteroatoms. The van der Waals surface area contributed by atoms with E-state index in [1.807, 2.05) is 6.07 Å². The Balaban J connectivity index is 1.96. The number of halogens is 1. The molecule has 0 bridgehead atoms. The molecule has 1 aromatic rings. The second kappa shape index (κ2) is 3.31. The summed E-state index contributed by atoms with van der Waals surface area (Å²) in [5, 5.41) is 8.22. The molecule has 0 aromatic heterocycles. The zero-order valence-electron chi connectivity index (χ0n) is 10.3. The van der Waals surface area contributed by atoms with Crippen molar-refractivity contribution in [2.24, 2.45) is 5.92 Å². The summed E-state index contributed by atoms with van der Waals surface area (Å²) < 4.78 is 13.2. The number of benzene rings is 1. The van der Waals surface area contributed by atoms with E-state index in [9.17, 15) is 4.39 Å². The van der Waals surface area contributed by atoms with Crippen molar-refractivity contribution in [3.8, 4) is 0 Å². The third kappa shape index (κ3) is 1.56. The molecule has 1 saturated carbocycles. The molecule has 2 aliphatic rings. The van der Waals surface area contributed by atoms with Crippen LogP contribution < -0.4 is 0 Å². The lowest BCUT2D eigenvalue weighted by atomic mass is 9.96. The maximum absolute atomic E-state index is 13.2. The van der Waals surface area contributed by atoms with Gasteiger partial charge in [0.25, 0.3) is 0 Å². The van der Waals surface area contributed by atoms with Crippen molar-refractivity contribution < 1.29 is 4.39 Å². The number of fused-ring (bicyclic) bond motifs is 1. The summed E-state index contributed by atoms with van der Waals surface area (Å²) in [6.07, 6.45) is 2.50. The minimum absolute atomic E-state index is 0.0204. The fourth-order valence-electron chi connectivity index (χ4n) is 2.80. The number of nitrogens with one attached hydrogen (secondary N) is 1. The summed E-state index contributed by atoms with van der Waals surface area (Å²) >= 11 is 0. The van der Waals surface area contributed by atoms with Crippen LogP contribution in [0.1, 0.15) is 37.8 Å². The smallest absolute Gasteiger partial charge is 0.129 e. The molecule has 0 saturated heterocycles. The highest BCUT2D eigenvalue weighted by Crippen LogP contribution is 2.45. The normalized spacial score (nSPS) is 19.7. The van der Waals surface area contributed by atoms with Gasteiger partial charge in [0.2, 0.25) is 0 Å².